The van der Waals surface area contributed by atoms with Crippen LogP contribution in [-0.4, -0.2) is 48.8 Å². The molecule has 0 saturated carbocycles. The molecule has 0 aliphatic carbocycles. The minimum Gasteiger partial charge on any atom is -0.354 e. The molecule has 2 heterocycles. The van der Waals surface area contributed by atoms with E-state index in [9.17, 15) is 5.26 Å². The van der Waals surface area contributed by atoms with Gasteiger partial charge in [-0.3, -0.25) is 9.89 Å². The summed E-state index contributed by atoms with van der Waals surface area (Å²) in [6.07, 6.45) is 3.68. The van der Waals surface area contributed by atoms with Crippen molar-refractivity contribution in [1.82, 2.24) is 9.88 Å². The summed E-state index contributed by atoms with van der Waals surface area (Å²) in [7, 11) is 1.78. The van der Waals surface area contributed by atoms with Gasteiger partial charge in [0.2, 0.25) is 0 Å². The third-order valence-electron chi connectivity index (χ3n) is 5.46. The Labute approximate surface area is 178 Å². The van der Waals surface area contributed by atoms with E-state index in [0.717, 1.165) is 55.4 Å². The lowest BCUT2D eigenvalue weighted by atomic mass is 10.00. The van der Waals surface area contributed by atoms with Crippen molar-refractivity contribution in [3.63, 3.8) is 0 Å². The molecule has 30 heavy (non-hydrogen) atoms. The maximum absolute atomic E-state index is 9.34. The zero-order valence-corrected chi connectivity index (χ0v) is 17.8. The highest BCUT2D eigenvalue weighted by Crippen LogP contribution is 2.28. The number of hydrogen-bond donors (Lipinski definition) is 0. The second-order valence-electron chi connectivity index (χ2n) is 7.29. The Morgan fingerprint density at radius 3 is 2.33 bits per heavy atom. The van der Waals surface area contributed by atoms with Crippen molar-refractivity contribution in [3.05, 3.63) is 64.9 Å². The lowest BCUT2D eigenvalue weighted by molar-refractivity contribution is 0.249. The maximum Gasteiger partial charge on any atom is 0.136 e. The Bertz CT molecular complexity index is 1030. The number of piperazine rings is 1. The number of allylic oxidation sites excluding steroid dienone is 2. The number of anilines is 1. The van der Waals surface area contributed by atoms with Gasteiger partial charge in [0.15, 0.2) is 0 Å². The predicted octanol–water partition coefficient (Wildman–Crippen LogP) is 3.64. The first-order chi connectivity index (χ1) is 14.6. The monoisotopic (exact) mass is 398 g/mol. The van der Waals surface area contributed by atoms with Crippen LogP contribution >= 0.6 is 0 Å². The number of hydrogen-bond acceptors (Lipinski definition) is 6. The third kappa shape index (κ3) is 4.74. The number of aliphatic imine (C=N–C) groups is 1. The Morgan fingerprint density at radius 1 is 1.10 bits per heavy atom. The van der Waals surface area contributed by atoms with Gasteiger partial charge in [0, 0.05) is 62.8 Å². The molecule has 0 spiro atoms. The highest BCUT2D eigenvalue weighted by molar-refractivity contribution is 6.23. The molecule has 152 valence electrons. The smallest absolute Gasteiger partial charge is 0.136 e. The first kappa shape index (κ1) is 21.2. The van der Waals surface area contributed by atoms with E-state index in [1.165, 1.54) is 5.56 Å². The fourth-order valence-electron chi connectivity index (χ4n) is 3.71. The van der Waals surface area contributed by atoms with E-state index in [4.69, 9.17) is 5.26 Å². The number of aromatic nitrogens is 1. The molecular formula is C24H26N6. The minimum absolute atomic E-state index is 0.552. The number of pyridine rings is 1. The van der Waals surface area contributed by atoms with Gasteiger partial charge >= 0.3 is 0 Å². The van der Waals surface area contributed by atoms with Crippen LogP contribution in [0.3, 0.4) is 0 Å². The molecule has 1 fully saturated rings. The SMILES string of the molecule is C/C=C(\C(C)=N/C)c1cc(C#N)cnc1N1CCN(Cc2ccc(C#N)cc2)CC1. The van der Waals surface area contributed by atoms with Crippen LogP contribution in [0.4, 0.5) is 5.82 Å². The van der Waals surface area contributed by atoms with Gasteiger partial charge in [-0.1, -0.05) is 18.2 Å². The summed E-state index contributed by atoms with van der Waals surface area (Å²) in [5.41, 5.74) is 5.35. The van der Waals surface area contributed by atoms with Crippen LogP contribution in [0.2, 0.25) is 0 Å². The van der Waals surface area contributed by atoms with Crippen LogP contribution in [0, 0.1) is 22.7 Å². The van der Waals surface area contributed by atoms with Crippen LogP contribution in [0.25, 0.3) is 5.57 Å². The molecule has 2 aromatic rings. The first-order valence-electron chi connectivity index (χ1n) is 10.1. The molecule has 0 amide bonds. The predicted molar refractivity (Wildman–Crippen MR) is 120 cm³/mol. The summed E-state index contributed by atoms with van der Waals surface area (Å²) < 4.78 is 0. The van der Waals surface area contributed by atoms with Crippen molar-refractivity contribution in [3.8, 4) is 12.1 Å². The van der Waals surface area contributed by atoms with Gasteiger partial charge in [-0.2, -0.15) is 10.5 Å². The van der Waals surface area contributed by atoms with Gasteiger partial charge in [0.1, 0.15) is 11.9 Å². The van der Waals surface area contributed by atoms with Crippen LogP contribution in [0.1, 0.15) is 36.1 Å². The number of nitrogens with zero attached hydrogens (tertiary/aromatic N) is 6. The molecule has 3 rings (SSSR count). The standard InChI is InChI=1S/C24H26N6/c1-4-22(18(2)27-3)23-13-21(15-26)16-28-24(23)30-11-9-29(10-12-30)17-20-7-5-19(14-25)6-8-20/h4-8,13,16H,9-12,17H2,1-3H3/b22-4+,27-18-. The lowest BCUT2D eigenvalue weighted by Gasteiger charge is -2.36. The molecule has 6 nitrogen and oxygen atoms in total. The van der Waals surface area contributed by atoms with Crippen molar-refractivity contribution in [2.45, 2.75) is 20.4 Å². The molecule has 0 N–H and O–H groups in total. The first-order valence-corrected chi connectivity index (χ1v) is 10.1. The van der Waals surface area contributed by atoms with Crippen LogP contribution in [-0.2, 0) is 6.54 Å². The molecule has 6 heteroatoms. The summed E-state index contributed by atoms with van der Waals surface area (Å²) in [4.78, 5) is 13.7. The number of benzene rings is 1. The normalized spacial score (nSPS) is 15.6. The van der Waals surface area contributed by atoms with E-state index in [0.29, 0.717) is 11.1 Å². The van der Waals surface area contributed by atoms with Crippen molar-refractivity contribution in [1.29, 1.82) is 10.5 Å². The van der Waals surface area contributed by atoms with E-state index >= 15 is 0 Å². The minimum atomic E-state index is 0.552. The number of rotatable bonds is 5. The van der Waals surface area contributed by atoms with E-state index < -0.39 is 0 Å². The number of nitriles is 2. The van der Waals surface area contributed by atoms with Gasteiger partial charge in [0.25, 0.3) is 0 Å². The topological polar surface area (TPSA) is 79.3 Å². The van der Waals surface area contributed by atoms with Crippen molar-refractivity contribution in [2.24, 2.45) is 4.99 Å². The largest absolute Gasteiger partial charge is 0.354 e. The summed E-state index contributed by atoms with van der Waals surface area (Å²) in [5, 5.41) is 18.3. The second-order valence-corrected chi connectivity index (χ2v) is 7.29. The van der Waals surface area contributed by atoms with Gasteiger partial charge < -0.3 is 4.90 Å². The van der Waals surface area contributed by atoms with Crippen LogP contribution < -0.4 is 4.90 Å². The van der Waals surface area contributed by atoms with E-state index in [2.05, 4.69) is 31.9 Å². The third-order valence-corrected chi connectivity index (χ3v) is 5.46. The molecule has 1 aliphatic rings. The zero-order chi connectivity index (χ0) is 21.5. The highest BCUT2D eigenvalue weighted by Gasteiger charge is 2.22. The molecular weight excluding hydrogens is 372 g/mol. The maximum atomic E-state index is 9.34. The Hall–Kier alpha value is -3.48. The van der Waals surface area contributed by atoms with Crippen molar-refractivity contribution < 1.29 is 0 Å². The molecule has 1 aromatic carbocycles. The fraction of sp³-hybridized carbons (Fsp3) is 0.333. The van der Waals surface area contributed by atoms with E-state index in [-0.39, 0.29) is 0 Å². The second kappa shape index (κ2) is 9.82. The van der Waals surface area contributed by atoms with E-state index in [1.54, 1.807) is 13.2 Å². The summed E-state index contributed by atoms with van der Waals surface area (Å²) in [6.45, 7) is 8.41. The molecule has 0 atom stereocenters. The summed E-state index contributed by atoms with van der Waals surface area (Å²) >= 11 is 0. The van der Waals surface area contributed by atoms with Crippen LogP contribution in [0.5, 0.6) is 0 Å². The Balaban J connectivity index is 1.76. The van der Waals surface area contributed by atoms with Gasteiger partial charge in [-0.05, 0) is 37.6 Å². The van der Waals surface area contributed by atoms with Gasteiger partial charge in [-0.25, -0.2) is 4.98 Å². The molecule has 0 bridgehead atoms. The zero-order valence-electron chi connectivity index (χ0n) is 17.8. The highest BCUT2D eigenvalue weighted by atomic mass is 15.3. The fourth-order valence-corrected chi connectivity index (χ4v) is 3.71. The van der Waals surface area contributed by atoms with Crippen LogP contribution in [0.15, 0.2) is 47.6 Å². The summed E-state index contributed by atoms with van der Waals surface area (Å²) in [5.74, 6) is 0.906. The molecule has 1 saturated heterocycles. The van der Waals surface area contributed by atoms with Crippen molar-refractivity contribution >= 4 is 17.1 Å². The van der Waals surface area contributed by atoms with Gasteiger partial charge in [0.05, 0.1) is 17.2 Å². The average Bonchev–Trinajstić information content (AvgIpc) is 2.80. The molecule has 0 radical (unpaired) electrons. The Morgan fingerprint density at radius 2 is 1.77 bits per heavy atom. The molecule has 1 aliphatic heterocycles. The molecule has 0 unspecified atom stereocenters. The average molecular weight is 399 g/mol. The van der Waals surface area contributed by atoms with E-state index in [1.807, 2.05) is 50.3 Å². The summed E-state index contributed by atoms with van der Waals surface area (Å²) in [6, 6.07) is 14.1. The molecule has 1 aromatic heterocycles. The van der Waals surface area contributed by atoms with Gasteiger partial charge in [-0.15, -0.1) is 0 Å². The quantitative estimate of drug-likeness (QED) is 0.719. The lowest BCUT2D eigenvalue weighted by Crippen LogP contribution is -2.46. The van der Waals surface area contributed by atoms with Crippen molar-refractivity contribution in [2.75, 3.05) is 38.1 Å². The Kier molecular flexibility index (Phi) is 6.95.